The maximum atomic E-state index is 11.1. The third kappa shape index (κ3) is 0.851. The zero-order chi connectivity index (χ0) is 7.84. The molecule has 0 unspecified atom stereocenters. The third-order valence-corrected chi connectivity index (χ3v) is 1.79. The zero-order valence-corrected chi connectivity index (χ0v) is 6.30. The van der Waals surface area contributed by atoms with Crippen LogP contribution in [-0.2, 0) is 0 Å². The molecule has 0 aliphatic carbocycles. The van der Waals surface area contributed by atoms with Crippen molar-refractivity contribution in [3.05, 3.63) is 39.9 Å². The van der Waals surface area contributed by atoms with E-state index >= 15 is 0 Å². The van der Waals surface area contributed by atoms with Crippen LogP contribution in [0.3, 0.4) is 0 Å². The maximum absolute atomic E-state index is 11.1. The fourth-order valence-corrected chi connectivity index (χ4v) is 1.25. The van der Waals surface area contributed by atoms with E-state index in [2.05, 4.69) is 4.98 Å². The fourth-order valence-electron chi connectivity index (χ4n) is 1.02. The maximum Gasteiger partial charge on any atom is 0.257 e. The lowest BCUT2D eigenvalue weighted by atomic mass is 10.5. The van der Waals surface area contributed by atoms with Gasteiger partial charge >= 0.3 is 0 Å². The molecule has 0 aromatic carbocycles. The number of hydrogen-bond acceptors (Lipinski definition) is 1. The number of rotatable bonds is 0. The first-order valence-corrected chi connectivity index (χ1v) is 3.51. The van der Waals surface area contributed by atoms with Crippen LogP contribution in [0, 0.1) is 0 Å². The van der Waals surface area contributed by atoms with Crippen LogP contribution >= 0.6 is 11.6 Å². The minimum absolute atomic E-state index is 0.117. The van der Waals surface area contributed by atoms with Gasteiger partial charge in [0.25, 0.3) is 5.56 Å². The van der Waals surface area contributed by atoms with Gasteiger partial charge in [-0.1, -0.05) is 17.7 Å². The number of hydrogen-bond donors (Lipinski definition) is 1. The molecule has 1 N–H and O–H groups in total. The summed E-state index contributed by atoms with van der Waals surface area (Å²) in [6.07, 6.45) is 1.58. The van der Waals surface area contributed by atoms with Gasteiger partial charge in [-0.25, -0.2) is 0 Å². The molecule has 0 aliphatic rings. The van der Waals surface area contributed by atoms with Crippen LogP contribution in [0.4, 0.5) is 0 Å². The second kappa shape index (κ2) is 2.13. The van der Waals surface area contributed by atoms with Crippen LogP contribution in [0.15, 0.2) is 29.2 Å². The summed E-state index contributed by atoms with van der Waals surface area (Å²) in [6.45, 7) is 0. The van der Waals surface area contributed by atoms with Crippen molar-refractivity contribution in [2.24, 2.45) is 0 Å². The average Bonchev–Trinajstić information content (AvgIpc) is 2.34. The van der Waals surface area contributed by atoms with E-state index in [1.807, 2.05) is 0 Å². The summed E-state index contributed by atoms with van der Waals surface area (Å²) in [6, 6.07) is 4.94. The lowest BCUT2D eigenvalue weighted by Gasteiger charge is -1.89. The van der Waals surface area contributed by atoms with Gasteiger partial charge in [0.05, 0.1) is 0 Å². The molecule has 0 bridgehead atoms. The second-order valence-electron chi connectivity index (χ2n) is 2.20. The van der Waals surface area contributed by atoms with E-state index in [9.17, 15) is 4.79 Å². The summed E-state index contributed by atoms with van der Waals surface area (Å²) in [5.74, 6) is 0. The highest BCUT2D eigenvalue weighted by Gasteiger charge is 1.99. The van der Waals surface area contributed by atoms with Crippen molar-refractivity contribution in [3.8, 4) is 0 Å². The smallest absolute Gasteiger partial charge is 0.257 e. The van der Waals surface area contributed by atoms with Gasteiger partial charge in [-0.2, -0.15) is 0 Å². The van der Waals surface area contributed by atoms with Crippen molar-refractivity contribution in [1.82, 2.24) is 9.38 Å². The van der Waals surface area contributed by atoms with E-state index in [0.717, 1.165) is 0 Å². The molecule has 2 heterocycles. The number of aromatic nitrogens is 2. The molecular weight excluding hydrogens is 164 g/mol. The quantitative estimate of drug-likeness (QED) is 0.632. The molecule has 0 amide bonds. The lowest BCUT2D eigenvalue weighted by Crippen LogP contribution is -2.09. The van der Waals surface area contributed by atoms with Gasteiger partial charge in [0.15, 0.2) is 0 Å². The molecule has 3 nitrogen and oxygen atoms in total. The van der Waals surface area contributed by atoms with Crippen molar-refractivity contribution < 1.29 is 0 Å². The van der Waals surface area contributed by atoms with Gasteiger partial charge < -0.3 is 4.98 Å². The Labute approximate surface area is 67.2 Å². The number of halogens is 1. The second-order valence-corrected chi connectivity index (χ2v) is 2.58. The highest BCUT2D eigenvalue weighted by Crippen LogP contribution is 2.07. The molecule has 2 aromatic heterocycles. The topological polar surface area (TPSA) is 37.3 Å². The molecule has 0 fully saturated rings. The van der Waals surface area contributed by atoms with Crippen LogP contribution in [0.2, 0.25) is 5.15 Å². The highest BCUT2D eigenvalue weighted by molar-refractivity contribution is 6.29. The van der Waals surface area contributed by atoms with Crippen molar-refractivity contribution in [2.45, 2.75) is 0 Å². The minimum Gasteiger partial charge on any atom is -0.345 e. The third-order valence-electron chi connectivity index (χ3n) is 1.51. The molecule has 2 aromatic rings. The first-order valence-electron chi connectivity index (χ1n) is 3.14. The van der Waals surface area contributed by atoms with E-state index in [1.165, 1.54) is 10.5 Å². The van der Waals surface area contributed by atoms with Crippen LogP contribution in [-0.4, -0.2) is 9.38 Å². The number of aromatic amines is 1. The molecule has 11 heavy (non-hydrogen) atoms. The zero-order valence-electron chi connectivity index (χ0n) is 5.54. The fraction of sp³-hybridized carbons (Fsp3) is 0. The average molecular weight is 169 g/mol. The highest BCUT2D eigenvalue weighted by atomic mass is 35.5. The Bertz CT molecular complexity index is 443. The van der Waals surface area contributed by atoms with Crippen LogP contribution in [0.25, 0.3) is 5.65 Å². The minimum atomic E-state index is -0.117. The van der Waals surface area contributed by atoms with Crippen LogP contribution < -0.4 is 5.56 Å². The predicted octanol–water partition coefficient (Wildman–Crippen LogP) is 1.28. The number of nitrogens with one attached hydrogen (secondary N) is 1. The summed E-state index contributed by atoms with van der Waals surface area (Å²) in [4.78, 5) is 14.0. The van der Waals surface area contributed by atoms with Crippen LogP contribution in [0.1, 0.15) is 0 Å². The molecule has 2 rings (SSSR count). The SMILES string of the molecule is O=c1cccc2[nH]cc(Cl)n12. The summed E-state index contributed by atoms with van der Waals surface area (Å²) in [7, 11) is 0. The first kappa shape index (κ1) is 6.49. The van der Waals surface area contributed by atoms with E-state index in [0.29, 0.717) is 10.8 Å². The number of pyridine rings is 1. The van der Waals surface area contributed by atoms with Crippen molar-refractivity contribution in [3.63, 3.8) is 0 Å². The molecule has 0 saturated heterocycles. The summed E-state index contributed by atoms with van der Waals surface area (Å²) >= 11 is 5.71. The van der Waals surface area contributed by atoms with Gasteiger partial charge in [-0.05, 0) is 6.07 Å². The number of imidazole rings is 1. The van der Waals surface area contributed by atoms with Crippen molar-refractivity contribution in [1.29, 1.82) is 0 Å². The van der Waals surface area contributed by atoms with Gasteiger partial charge in [0.1, 0.15) is 10.8 Å². The molecule has 0 atom stereocenters. The largest absolute Gasteiger partial charge is 0.345 e. The van der Waals surface area contributed by atoms with Crippen molar-refractivity contribution in [2.75, 3.05) is 0 Å². The predicted molar refractivity (Wildman–Crippen MR) is 43.0 cm³/mol. The number of H-pyrrole nitrogens is 1. The van der Waals surface area contributed by atoms with Gasteiger partial charge in [-0.3, -0.25) is 9.20 Å². The Morgan fingerprint density at radius 1 is 1.45 bits per heavy atom. The monoisotopic (exact) mass is 168 g/mol. The normalized spacial score (nSPS) is 10.6. The van der Waals surface area contributed by atoms with Gasteiger partial charge in [0, 0.05) is 12.3 Å². The lowest BCUT2D eigenvalue weighted by molar-refractivity contribution is 1.12. The summed E-state index contributed by atoms with van der Waals surface area (Å²) < 4.78 is 1.40. The standard InChI is InChI=1S/C7H5ClN2O/c8-5-4-9-6-2-1-3-7(11)10(5)6/h1-4,9H. The Balaban J connectivity index is 3.08. The van der Waals surface area contributed by atoms with Gasteiger partial charge in [-0.15, -0.1) is 0 Å². The molecule has 56 valence electrons. The molecule has 0 aliphatic heterocycles. The summed E-state index contributed by atoms with van der Waals surface area (Å²) in [5, 5.41) is 0.408. The molecule has 0 radical (unpaired) electrons. The molecule has 0 spiro atoms. The Kier molecular flexibility index (Phi) is 1.26. The van der Waals surface area contributed by atoms with E-state index in [4.69, 9.17) is 11.6 Å². The van der Waals surface area contributed by atoms with Gasteiger partial charge in [0.2, 0.25) is 0 Å². The first-order chi connectivity index (χ1) is 5.29. The number of fused-ring (bicyclic) bond motifs is 1. The number of nitrogens with zero attached hydrogens (tertiary/aromatic N) is 1. The molecule has 4 heteroatoms. The Morgan fingerprint density at radius 3 is 3.00 bits per heavy atom. The van der Waals surface area contributed by atoms with E-state index < -0.39 is 0 Å². The molecular formula is C7H5ClN2O. The summed E-state index contributed by atoms with van der Waals surface area (Å²) in [5.41, 5.74) is 0.594. The van der Waals surface area contributed by atoms with Crippen LogP contribution in [0.5, 0.6) is 0 Å². The van der Waals surface area contributed by atoms with E-state index in [-0.39, 0.29) is 5.56 Å². The van der Waals surface area contributed by atoms with Crippen molar-refractivity contribution >= 4 is 17.2 Å². The Hall–Kier alpha value is -1.22. The Morgan fingerprint density at radius 2 is 2.27 bits per heavy atom. The molecule has 0 saturated carbocycles. The van der Waals surface area contributed by atoms with E-state index in [1.54, 1.807) is 18.3 Å².